The summed E-state index contributed by atoms with van der Waals surface area (Å²) in [6.07, 6.45) is 2.09. The number of hydrogen-bond acceptors (Lipinski definition) is 8. The number of anilines is 2. The summed E-state index contributed by atoms with van der Waals surface area (Å²) in [7, 11) is 1.32. The van der Waals surface area contributed by atoms with Crippen LogP contribution in [-0.2, 0) is 27.2 Å². The Hall–Kier alpha value is -3.57. The summed E-state index contributed by atoms with van der Waals surface area (Å²) in [6, 6.07) is 9.33. The molecule has 9 nitrogen and oxygen atoms in total. The minimum Gasteiger partial charge on any atom is -0.469 e. The molecule has 1 aromatic carbocycles. The maximum Gasteiger partial charge on any atom is 0.435 e. The molecule has 0 radical (unpaired) electrons. The predicted molar refractivity (Wildman–Crippen MR) is 162 cm³/mol. The minimum absolute atomic E-state index is 0.0183. The van der Waals surface area contributed by atoms with E-state index in [0.717, 1.165) is 18.5 Å². The van der Waals surface area contributed by atoms with Gasteiger partial charge in [0.25, 0.3) is 0 Å². The van der Waals surface area contributed by atoms with E-state index in [2.05, 4.69) is 20.3 Å². The average Bonchev–Trinajstić information content (AvgIpc) is 3.72. The highest BCUT2D eigenvalue weighted by Crippen LogP contribution is 2.42. The number of esters is 1. The highest BCUT2D eigenvalue weighted by molar-refractivity contribution is 6.30. The Bertz CT molecular complexity index is 1550. The average molecular weight is 630 g/mol. The number of benzene rings is 1. The van der Waals surface area contributed by atoms with Crippen LogP contribution in [0.1, 0.15) is 76.2 Å². The number of piperidine rings is 1. The molecule has 1 saturated carbocycles. The SMILES string of the molecule is COC(=O)C1(Cc2nc(Nc3cc(C4CC4)n(C(=O)OC(C)(C)C)n3)ccc2F)CCN(Cc2cccc(Cl)c2F)C(C)C1. The van der Waals surface area contributed by atoms with E-state index in [4.69, 9.17) is 21.1 Å². The van der Waals surface area contributed by atoms with Crippen LogP contribution in [0.3, 0.4) is 0 Å². The highest BCUT2D eigenvalue weighted by Gasteiger charge is 2.46. The van der Waals surface area contributed by atoms with Gasteiger partial charge in [0.15, 0.2) is 5.82 Å². The summed E-state index contributed by atoms with van der Waals surface area (Å²) in [6.45, 7) is 8.13. The van der Waals surface area contributed by atoms with Crippen LogP contribution >= 0.6 is 11.6 Å². The fourth-order valence-electron chi connectivity index (χ4n) is 5.84. The lowest BCUT2D eigenvalue weighted by atomic mass is 9.72. The van der Waals surface area contributed by atoms with E-state index < -0.39 is 34.7 Å². The Labute approximate surface area is 260 Å². The number of nitrogens with one attached hydrogen (secondary N) is 1. The van der Waals surface area contributed by atoms with Crippen LogP contribution in [0.2, 0.25) is 5.02 Å². The van der Waals surface area contributed by atoms with Gasteiger partial charge >= 0.3 is 12.1 Å². The van der Waals surface area contributed by atoms with Crippen molar-refractivity contribution in [2.24, 2.45) is 5.41 Å². The van der Waals surface area contributed by atoms with Crippen LogP contribution in [0.4, 0.5) is 25.2 Å². The minimum atomic E-state index is -1.03. The number of carbonyl (C=O) groups excluding carboxylic acids is 2. The Morgan fingerprint density at radius 1 is 1.16 bits per heavy atom. The maximum absolute atomic E-state index is 15.2. The molecule has 0 spiro atoms. The van der Waals surface area contributed by atoms with Crippen molar-refractivity contribution in [3.8, 4) is 0 Å². The molecule has 1 aliphatic carbocycles. The van der Waals surface area contributed by atoms with Crippen LogP contribution < -0.4 is 5.32 Å². The van der Waals surface area contributed by atoms with E-state index in [1.807, 2.05) is 6.92 Å². The normalized spacial score (nSPS) is 20.8. The van der Waals surface area contributed by atoms with Crippen molar-refractivity contribution < 1.29 is 27.8 Å². The molecule has 1 N–H and O–H groups in total. The zero-order valence-electron chi connectivity index (χ0n) is 25.6. The second-order valence-electron chi connectivity index (χ2n) is 12.8. The Kier molecular flexibility index (Phi) is 9.00. The van der Waals surface area contributed by atoms with Gasteiger partial charge in [0, 0.05) is 36.6 Å². The third-order valence-corrected chi connectivity index (χ3v) is 8.48. The first kappa shape index (κ1) is 31.8. The summed E-state index contributed by atoms with van der Waals surface area (Å²) in [5.74, 6) is -0.539. The smallest absolute Gasteiger partial charge is 0.435 e. The number of aromatic nitrogens is 3. The molecular formula is C32H38ClF2N5O4. The third-order valence-electron chi connectivity index (χ3n) is 8.19. The molecule has 44 heavy (non-hydrogen) atoms. The number of halogens is 3. The van der Waals surface area contributed by atoms with Gasteiger partial charge in [-0.05, 0) is 78.1 Å². The number of carbonyl (C=O) groups is 2. The van der Waals surface area contributed by atoms with Crippen molar-refractivity contribution in [1.29, 1.82) is 0 Å². The summed E-state index contributed by atoms with van der Waals surface area (Å²) in [5, 5.41) is 7.57. The van der Waals surface area contributed by atoms with Gasteiger partial charge in [0.1, 0.15) is 23.1 Å². The molecule has 3 heterocycles. The van der Waals surface area contributed by atoms with E-state index >= 15 is 4.39 Å². The molecule has 2 unspecified atom stereocenters. The Morgan fingerprint density at radius 3 is 2.57 bits per heavy atom. The van der Waals surface area contributed by atoms with Crippen LogP contribution in [0.5, 0.6) is 0 Å². The van der Waals surface area contributed by atoms with Gasteiger partial charge in [0.2, 0.25) is 0 Å². The third kappa shape index (κ3) is 7.04. The molecule has 12 heteroatoms. The lowest BCUT2D eigenvalue weighted by molar-refractivity contribution is -0.157. The molecule has 2 aromatic heterocycles. The van der Waals surface area contributed by atoms with Gasteiger partial charge in [-0.1, -0.05) is 23.7 Å². The van der Waals surface area contributed by atoms with Gasteiger partial charge in [-0.15, -0.1) is 5.10 Å². The predicted octanol–water partition coefficient (Wildman–Crippen LogP) is 7.00. The van der Waals surface area contributed by atoms with Crippen molar-refractivity contribution >= 4 is 35.3 Å². The van der Waals surface area contributed by atoms with Gasteiger partial charge in [-0.2, -0.15) is 4.68 Å². The first-order valence-corrected chi connectivity index (χ1v) is 15.2. The second-order valence-corrected chi connectivity index (χ2v) is 13.2. The van der Waals surface area contributed by atoms with Crippen molar-refractivity contribution in [3.05, 3.63) is 70.0 Å². The van der Waals surface area contributed by atoms with Crippen LogP contribution in [0, 0.1) is 17.0 Å². The maximum atomic E-state index is 15.2. The van der Waals surface area contributed by atoms with Crippen LogP contribution in [-0.4, -0.2) is 57.0 Å². The second kappa shape index (κ2) is 12.4. The van der Waals surface area contributed by atoms with Crippen LogP contribution in [0.15, 0.2) is 36.4 Å². The molecule has 1 saturated heterocycles. The lowest BCUT2D eigenvalue weighted by Gasteiger charge is -2.44. The van der Waals surface area contributed by atoms with E-state index in [9.17, 15) is 14.0 Å². The number of hydrogen-bond donors (Lipinski definition) is 1. The Morgan fingerprint density at radius 2 is 1.91 bits per heavy atom. The Balaban J connectivity index is 1.35. The topological polar surface area (TPSA) is 98.6 Å². The molecule has 0 amide bonds. The fourth-order valence-corrected chi connectivity index (χ4v) is 6.04. The summed E-state index contributed by atoms with van der Waals surface area (Å²) < 4.78 is 41.8. The quantitative estimate of drug-likeness (QED) is 0.266. The fraction of sp³-hybridized carbons (Fsp3) is 0.500. The molecule has 1 aliphatic heterocycles. The molecule has 3 aromatic rings. The summed E-state index contributed by atoms with van der Waals surface area (Å²) in [4.78, 5) is 32.6. The molecule has 2 atom stereocenters. The summed E-state index contributed by atoms with van der Waals surface area (Å²) >= 11 is 5.98. The van der Waals surface area contributed by atoms with Crippen molar-refractivity contribution in [3.63, 3.8) is 0 Å². The largest absolute Gasteiger partial charge is 0.469 e. The van der Waals surface area contributed by atoms with Crippen LogP contribution in [0.25, 0.3) is 0 Å². The van der Waals surface area contributed by atoms with Crippen molar-refractivity contribution in [1.82, 2.24) is 19.7 Å². The van der Waals surface area contributed by atoms with E-state index in [0.29, 0.717) is 43.1 Å². The first-order valence-electron chi connectivity index (χ1n) is 14.8. The highest BCUT2D eigenvalue weighted by atomic mass is 35.5. The zero-order valence-corrected chi connectivity index (χ0v) is 26.4. The monoisotopic (exact) mass is 629 g/mol. The first-order chi connectivity index (χ1) is 20.8. The molecular weight excluding hydrogens is 592 g/mol. The number of likely N-dealkylation sites (tertiary alicyclic amines) is 1. The van der Waals surface area contributed by atoms with Crippen molar-refractivity contribution in [2.75, 3.05) is 19.0 Å². The number of methoxy groups -OCH3 is 1. The van der Waals surface area contributed by atoms with Crippen molar-refractivity contribution in [2.45, 2.75) is 83.9 Å². The van der Waals surface area contributed by atoms with Gasteiger partial charge < -0.3 is 14.8 Å². The number of ether oxygens (including phenoxy) is 2. The van der Waals surface area contributed by atoms with Gasteiger partial charge in [-0.25, -0.2) is 18.6 Å². The van der Waals surface area contributed by atoms with Gasteiger partial charge in [0.05, 0.1) is 28.9 Å². The van der Waals surface area contributed by atoms with Gasteiger partial charge in [-0.3, -0.25) is 9.69 Å². The lowest BCUT2D eigenvalue weighted by Crippen LogP contribution is -2.50. The molecule has 236 valence electrons. The number of nitrogens with zero attached hydrogens (tertiary/aromatic N) is 4. The molecule has 5 rings (SSSR count). The number of pyridine rings is 1. The number of rotatable bonds is 8. The molecule has 2 fully saturated rings. The summed E-state index contributed by atoms with van der Waals surface area (Å²) in [5.41, 5.74) is -0.385. The van der Waals surface area contributed by atoms with E-state index in [1.54, 1.807) is 39.0 Å². The van der Waals surface area contributed by atoms with E-state index in [-0.39, 0.29) is 29.1 Å². The molecule has 0 bridgehead atoms. The molecule has 2 aliphatic rings. The standard InChI is InChI=1S/C32H38ClF2N5O4/c1-19-16-32(29(41)43-5,13-14-39(19)18-21-7-6-8-22(33)28(21)35)17-24-23(34)11-12-26(36-24)37-27-15-25(20-9-10-20)40(38-27)30(42)44-31(2,3)4/h6-8,11-12,15,19-20H,9-10,13-14,16-18H2,1-5H3,(H,36,37,38). The van der Waals surface area contributed by atoms with E-state index in [1.165, 1.54) is 30.0 Å². The zero-order chi connectivity index (χ0) is 31.8.